The van der Waals surface area contributed by atoms with Crippen molar-refractivity contribution in [3.8, 4) is 5.75 Å². The van der Waals surface area contributed by atoms with E-state index >= 15 is 0 Å². The van der Waals surface area contributed by atoms with E-state index in [1.807, 2.05) is 0 Å². The minimum absolute atomic E-state index is 0.0278. The van der Waals surface area contributed by atoms with Gasteiger partial charge in [-0.2, -0.15) is 0 Å². The summed E-state index contributed by atoms with van der Waals surface area (Å²) in [7, 11) is -0.112. The van der Waals surface area contributed by atoms with Crippen LogP contribution in [0.15, 0.2) is 18.2 Å². The fraction of sp³-hybridized carbons (Fsp3) is 0.250. The van der Waals surface area contributed by atoms with Crippen LogP contribution in [0.2, 0.25) is 5.02 Å². The molecule has 0 saturated carbocycles. The average molecular weight is 216 g/mol. The van der Waals surface area contributed by atoms with E-state index in [2.05, 4.69) is 0 Å². The van der Waals surface area contributed by atoms with Gasteiger partial charge in [-0.15, -0.1) is 0 Å². The molecule has 14 heavy (non-hydrogen) atoms. The predicted molar refractivity (Wildman–Crippen MR) is 53.8 cm³/mol. The molecule has 1 aromatic rings. The van der Waals surface area contributed by atoms with Gasteiger partial charge >= 0.3 is 7.12 Å². The van der Waals surface area contributed by atoms with E-state index in [4.69, 9.17) is 31.1 Å². The van der Waals surface area contributed by atoms with Crippen LogP contribution < -0.4 is 10.2 Å². The lowest BCUT2D eigenvalue weighted by atomic mass is 9.79. The number of benzene rings is 1. The molecule has 0 amide bonds. The molecule has 0 aliphatic carbocycles. The number of halogens is 1. The zero-order valence-corrected chi connectivity index (χ0v) is 8.36. The monoisotopic (exact) mass is 216 g/mol. The van der Waals surface area contributed by atoms with Crippen molar-refractivity contribution in [3.63, 3.8) is 0 Å². The first-order valence-corrected chi connectivity index (χ1v) is 4.30. The Balaban J connectivity index is 2.91. The molecule has 6 heteroatoms. The van der Waals surface area contributed by atoms with Gasteiger partial charge in [0.15, 0.2) is 6.79 Å². The summed E-state index contributed by atoms with van der Waals surface area (Å²) in [5.74, 6) is 0.300. The molecule has 0 unspecified atom stereocenters. The molecule has 76 valence electrons. The molecule has 1 aromatic carbocycles. The molecular formula is C8H10BClO4. The highest BCUT2D eigenvalue weighted by Crippen LogP contribution is 2.15. The van der Waals surface area contributed by atoms with Crippen molar-refractivity contribution in [1.82, 2.24) is 0 Å². The van der Waals surface area contributed by atoms with E-state index in [-0.39, 0.29) is 12.3 Å². The molecule has 0 saturated heterocycles. The van der Waals surface area contributed by atoms with Gasteiger partial charge in [0, 0.05) is 17.6 Å². The Labute approximate surface area is 87.2 Å². The van der Waals surface area contributed by atoms with Crippen LogP contribution in [0.25, 0.3) is 0 Å². The Kier molecular flexibility index (Phi) is 4.22. The molecule has 0 bridgehead atoms. The zero-order valence-electron chi connectivity index (χ0n) is 7.61. The summed E-state index contributed by atoms with van der Waals surface area (Å²) < 4.78 is 9.79. The standard InChI is InChI=1S/C8H10BClO4/c1-13-5-14-8-4-6(10)2-3-7(8)9(11)12/h2-4,11-12H,5H2,1H3. The second-order valence-corrected chi connectivity index (χ2v) is 3.04. The minimum Gasteiger partial charge on any atom is -0.468 e. The van der Waals surface area contributed by atoms with Gasteiger partial charge in [0.1, 0.15) is 5.75 Å². The lowest BCUT2D eigenvalue weighted by Gasteiger charge is -2.10. The number of ether oxygens (including phenoxy) is 2. The maximum Gasteiger partial charge on any atom is 0.492 e. The molecule has 2 N–H and O–H groups in total. The molecule has 0 spiro atoms. The summed E-state index contributed by atoms with van der Waals surface area (Å²) in [4.78, 5) is 0. The van der Waals surface area contributed by atoms with Crippen molar-refractivity contribution >= 4 is 24.2 Å². The Morgan fingerprint density at radius 1 is 1.43 bits per heavy atom. The third kappa shape index (κ3) is 2.89. The number of rotatable bonds is 4. The van der Waals surface area contributed by atoms with Crippen LogP contribution in [0.4, 0.5) is 0 Å². The molecule has 0 radical (unpaired) electrons. The quantitative estimate of drug-likeness (QED) is 0.550. The summed E-state index contributed by atoms with van der Waals surface area (Å²) in [6, 6.07) is 4.53. The molecule has 0 aliphatic rings. The van der Waals surface area contributed by atoms with Crippen molar-refractivity contribution in [2.45, 2.75) is 0 Å². The fourth-order valence-corrected chi connectivity index (χ4v) is 1.13. The predicted octanol–water partition coefficient (Wildman–Crippen LogP) is 0.00250. The molecule has 4 nitrogen and oxygen atoms in total. The van der Waals surface area contributed by atoms with E-state index in [1.165, 1.54) is 19.2 Å². The normalized spacial score (nSPS) is 10.0. The van der Waals surface area contributed by atoms with Crippen LogP contribution in [-0.4, -0.2) is 31.1 Å². The van der Waals surface area contributed by atoms with Crippen LogP contribution in [0, 0.1) is 0 Å². The SMILES string of the molecule is COCOc1cc(Cl)ccc1B(O)O. The lowest BCUT2D eigenvalue weighted by Crippen LogP contribution is -2.31. The van der Waals surface area contributed by atoms with Crippen LogP contribution >= 0.6 is 11.6 Å². The maximum atomic E-state index is 8.99. The van der Waals surface area contributed by atoms with Crippen molar-refractivity contribution in [3.05, 3.63) is 23.2 Å². The first-order valence-electron chi connectivity index (χ1n) is 3.92. The highest BCUT2D eigenvalue weighted by molar-refractivity contribution is 6.59. The molecular weight excluding hydrogens is 206 g/mol. The van der Waals surface area contributed by atoms with Gasteiger partial charge in [0.25, 0.3) is 0 Å². The van der Waals surface area contributed by atoms with E-state index < -0.39 is 7.12 Å². The minimum atomic E-state index is -1.58. The van der Waals surface area contributed by atoms with E-state index in [1.54, 1.807) is 6.07 Å². The van der Waals surface area contributed by atoms with Crippen molar-refractivity contribution in [1.29, 1.82) is 0 Å². The zero-order chi connectivity index (χ0) is 10.6. The smallest absolute Gasteiger partial charge is 0.468 e. The highest BCUT2D eigenvalue weighted by Gasteiger charge is 2.17. The summed E-state index contributed by atoms with van der Waals surface area (Å²) in [5.41, 5.74) is 0.256. The maximum absolute atomic E-state index is 8.99. The second-order valence-electron chi connectivity index (χ2n) is 2.61. The van der Waals surface area contributed by atoms with E-state index in [0.29, 0.717) is 10.8 Å². The van der Waals surface area contributed by atoms with Gasteiger partial charge < -0.3 is 19.5 Å². The fourth-order valence-electron chi connectivity index (χ4n) is 0.969. The third-order valence-electron chi connectivity index (χ3n) is 1.59. The van der Waals surface area contributed by atoms with E-state index in [0.717, 1.165) is 0 Å². The van der Waals surface area contributed by atoms with Gasteiger partial charge in [-0.05, 0) is 12.1 Å². The third-order valence-corrected chi connectivity index (χ3v) is 1.82. The summed E-state index contributed by atoms with van der Waals surface area (Å²) in [5, 5.41) is 18.4. The van der Waals surface area contributed by atoms with Crippen molar-refractivity contribution in [2.24, 2.45) is 0 Å². The van der Waals surface area contributed by atoms with Gasteiger partial charge in [-0.1, -0.05) is 17.7 Å². The first-order chi connectivity index (χ1) is 6.65. The van der Waals surface area contributed by atoms with Crippen LogP contribution in [0.5, 0.6) is 5.75 Å². The second kappa shape index (κ2) is 5.21. The van der Waals surface area contributed by atoms with Gasteiger partial charge in [-0.25, -0.2) is 0 Å². The molecule has 0 fully saturated rings. The average Bonchev–Trinajstić information content (AvgIpc) is 2.14. The highest BCUT2D eigenvalue weighted by atomic mass is 35.5. The Morgan fingerprint density at radius 2 is 2.14 bits per heavy atom. The number of methoxy groups -OCH3 is 1. The Morgan fingerprint density at radius 3 is 2.71 bits per heavy atom. The van der Waals surface area contributed by atoms with Gasteiger partial charge in [-0.3, -0.25) is 0 Å². The van der Waals surface area contributed by atoms with Crippen molar-refractivity contribution in [2.75, 3.05) is 13.9 Å². The topological polar surface area (TPSA) is 58.9 Å². The molecule has 0 atom stereocenters. The largest absolute Gasteiger partial charge is 0.492 e. The Bertz CT molecular complexity index is 305. The van der Waals surface area contributed by atoms with Gasteiger partial charge in [0.2, 0.25) is 0 Å². The molecule has 0 heterocycles. The number of hydrogen-bond donors (Lipinski definition) is 2. The summed E-state index contributed by atoms with van der Waals surface area (Å²) in [6.45, 7) is 0.0278. The number of hydrogen-bond acceptors (Lipinski definition) is 4. The Hall–Kier alpha value is -0.745. The van der Waals surface area contributed by atoms with Crippen molar-refractivity contribution < 1.29 is 19.5 Å². The first kappa shape index (κ1) is 11.3. The van der Waals surface area contributed by atoms with Crippen LogP contribution in [-0.2, 0) is 4.74 Å². The molecule has 0 aliphatic heterocycles. The molecule has 0 aromatic heterocycles. The van der Waals surface area contributed by atoms with E-state index in [9.17, 15) is 0 Å². The van der Waals surface area contributed by atoms with Gasteiger partial charge in [0.05, 0.1) is 0 Å². The lowest BCUT2D eigenvalue weighted by molar-refractivity contribution is 0.0517. The van der Waals surface area contributed by atoms with Crippen LogP contribution in [0.3, 0.4) is 0 Å². The molecule has 1 rings (SSSR count). The van der Waals surface area contributed by atoms with Crippen LogP contribution in [0.1, 0.15) is 0 Å². The summed E-state index contributed by atoms with van der Waals surface area (Å²) in [6.07, 6.45) is 0. The summed E-state index contributed by atoms with van der Waals surface area (Å²) >= 11 is 5.72.